The molecule has 0 aliphatic carbocycles. The van der Waals surface area contributed by atoms with E-state index in [1.807, 2.05) is 30.3 Å². The summed E-state index contributed by atoms with van der Waals surface area (Å²) in [6, 6.07) is 17.7. The standard InChI is InChI=1S/C19H16N2O3/c22-18-10-4-5-11-21(18)17(13-15-7-2-1-3-8-15)19(23)20-14-16-9-6-12-24-16/h1-13H,14H2,(H,20,23)/b17-13+. The van der Waals surface area contributed by atoms with E-state index < -0.39 is 0 Å². The molecule has 5 heteroatoms. The molecule has 120 valence electrons. The molecular formula is C19H16N2O3. The van der Waals surface area contributed by atoms with Gasteiger partial charge in [0.1, 0.15) is 11.5 Å². The maximum Gasteiger partial charge on any atom is 0.268 e. The summed E-state index contributed by atoms with van der Waals surface area (Å²) in [5.74, 6) is 0.284. The van der Waals surface area contributed by atoms with Crippen LogP contribution in [-0.4, -0.2) is 10.5 Å². The Morgan fingerprint density at radius 3 is 2.54 bits per heavy atom. The Kier molecular flexibility index (Phi) is 4.72. The Hall–Kier alpha value is -3.34. The summed E-state index contributed by atoms with van der Waals surface area (Å²) >= 11 is 0. The Labute approximate surface area is 138 Å². The lowest BCUT2D eigenvalue weighted by molar-refractivity contribution is -0.116. The molecule has 1 N–H and O–H groups in total. The van der Waals surface area contributed by atoms with Gasteiger partial charge in [-0.1, -0.05) is 36.4 Å². The Bertz CT molecular complexity index is 894. The maximum absolute atomic E-state index is 12.6. The predicted molar refractivity (Wildman–Crippen MR) is 91.9 cm³/mol. The van der Waals surface area contributed by atoms with Crippen LogP contribution in [0.15, 0.2) is 82.3 Å². The van der Waals surface area contributed by atoms with Gasteiger partial charge in [-0.3, -0.25) is 14.2 Å². The van der Waals surface area contributed by atoms with Crippen LogP contribution in [0, 0.1) is 0 Å². The van der Waals surface area contributed by atoms with Gasteiger partial charge in [-0.2, -0.15) is 0 Å². The molecule has 0 radical (unpaired) electrons. The third-order valence-electron chi connectivity index (χ3n) is 3.42. The molecule has 1 aromatic carbocycles. The van der Waals surface area contributed by atoms with Crippen molar-refractivity contribution >= 4 is 17.7 Å². The zero-order valence-corrected chi connectivity index (χ0v) is 12.9. The fraction of sp³-hybridized carbons (Fsp3) is 0.0526. The maximum atomic E-state index is 12.6. The number of benzene rings is 1. The Morgan fingerprint density at radius 2 is 1.83 bits per heavy atom. The molecule has 0 unspecified atom stereocenters. The Balaban J connectivity index is 1.93. The second-order valence-electron chi connectivity index (χ2n) is 5.11. The van der Waals surface area contributed by atoms with Crippen LogP contribution < -0.4 is 10.9 Å². The van der Waals surface area contributed by atoms with Gasteiger partial charge in [-0.25, -0.2) is 0 Å². The average Bonchev–Trinajstić information content (AvgIpc) is 3.13. The first-order chi connectivity index (χ1) is 11.7. The van der Waals surface area contributed by atoms with E-state index in [4.69, 9.17) is 4.42 Å². The fourth-order valence-corrected chi connectivity index (χ4v) is 2.25. The summed E-state index contributed by atoms with van der Waals surface area (Å²) in [6.07, 6.45) is 4.80. The van der Waals surface area contributed by atoms with E-state index in [0.717, 1.165) is 5.56 Å². The molecule has 0 aliphatic heterocycles. The quantitative estimate of drug-likeness (QED) is 0.735. The van der Waals surface area contributed by atoms with E-state index in [9.17, 15) is 9.59 Å². The van der Waals surface area contributed by atoms with Crippen molar-refractivity contribution in [1.82, 2.24) is 9.88 Å². The van der Waals surface area contributed by atoms with E-state index in [1.165, 1.54) is 10.6 Å². The molecule has 0 spiro atoms. The first kappa shape index (κ1) is 15.6. The molecule has 3 aromatic rings. The zero-order valence-electron chi connectivity index (χ0n) is 12.9. The van der Waals surface area contributed by atoms with E-state index in [-0.39, 0.29) is 23.7 Å². The van der Waals surface area contributed by atoms with Crippen LogP contribution in [0.4, 0.5) is 0 Å². The van der Waals surface area contributed by atoms with Crippen LogP contribution >= 0.6 is 0 Å². The number of hydrogen-bond donors (Lipinski definition) is 1. The monoisotopic (exact) mass is 320 g/mol. The molecule has 0 saturated carbocycles. The number of nitrogens with zero attached hydrogens (tertiary/aromatic N) is 1. The van der Waals surface area contributed by atoms with Gasteiger partial charge in [0, 0.05) is 12.3 Å². The van der Waals surface area contributed by atoms with Crippen molar-refractivity contribution in [2.24, 2.45) is 0 Å². The molecule has 1 amide bonds. The number of nitrogens with one attached hydrogen (secondary N) is 1. The van der Waals surface area contributed by atoms with Crippen molar-refractivity contribution in [3.05, 3.63) is 94.8 Å². The highest BCUT2D eigenvalue weighted by Crippen LogP contribution is 2.11. The number of aromatic nitrogens is 1. The van der Waals surface area contributed by atoms with Gasteiger partial charge in [0.15, 0.2) is 0 Å². The summed E-state index contributed by atoms with van der Waals surface area (Å²) < 4.78 is 6.53. The minimum atomic E-state index is -0.358. The van der Waals surface area contributed by atoms with Crippen LogP contribution in [0.5, 0.6) is 0 Å². The second-order valence-corrected chi connectivity index (χ2v) is 5.11. The Morgan fingerprint density at radius 1 is 1.04 bits per heavy atom. The van der Waals surface area contributed by atoms with Crippen molar-refractivity contribution in [3.8, 4) is 0 Å². The third kappa shape index (κ3) is 3.70. The van der Waals surface area contributed by atoms with E-state index in [0.29, 0.717) is 5.76 Å². The second kappa shape index (κ2) is 7.28. The first-order valence-corrected chi connectivity index (χ1v) is 7.49. The van der Waals surface area contributed by atoms with Crippen molar-refractivity contribution in [1.29, 1.82) is 0 Å². The first-order valence-electron chi connectivity index (χ1n) is 7.49. The van der Waals surface area contributed by atoms with Crippen LogP contribution in [0.3, 0.4) is 0 Å². The molecule has 0 bridgehead atoms. The van der Waals surface area contributed by atoms with Crippen molar-refractivity contribution in [2.45, 2.75) is 6.54 Å². The summed E-state index contributed by atoms with van der Waals surface area (Å²) in [7, 11) is 0. The number of amides is 1. The SMILES string of the molecule is O=C(NCc1ccco1)/C(=C\c1ccccc1)n1ccccc1=O. The van der Waals surface area contributed by atoms with Gasteiger partial charge in [0.2, 0.25) is 0 Å². The lowest BCUT2D eigenvalue weighted by Gasteiger charge is -2.11. The van der Waals surface area contributed by atoms with Crippen LogP contribution in [0.25, 0.3) is 11.8 Å². The summed E-state index contributed by atoms with van der Waals surface area (Å²) in [5.41, 5.74) is 0.808. The highest BCUT2D eigenvalue weighted by Gasteiger charge is 2.13. The van der Waals surface area contributed by atoms with Gasteiger partial charge in [0.25, 0.3) is 11.5 Å². The third-order valence-corrected chi connectivity index (χ3v) is 3.42. The van der Waals surface area contributed by atoms with Crippen LogP contribution in [0.2, 0.25) is 0 Å². The number of rotatable bonds is 5. The summed E-state index contributed by atoms with van der Waals surface area (Å²) in [5, 5.41) is 2.77. The van der Waals surface area contributed by atoms with Crippen molar-refractivity contribution in [3.63, 3.8) is 0 Å². The number of carbonyl (C=O) groups excluding carboxylic acids is 1. The van der Waals surface area contributed by atoms with Gasteiger partial charge in [-0.05, 0) is 29.8 Å². The molecule has 3 rings (SSSR count). The highest BCUT2D eigenvalue weighted by atomic mass is 16.3. The van der Waals surface area contributed by atoms with Gasteiger partial charge < -0.3 is 9.73 Å². The molecule has 0 atom stereocenters. The van der Waals surface area contributed by atoms with Crippen molar-refractivity contribution in [2.75, 3.05) is 0 Å². The van der Waals surface area contributed by atoms with Crippen LogP contribution in [0.1, 0.15) is 11.3 Å². The number of hydrogen-bond acceptors (Lipinski definition) is 3. The number of pyridine rings is 1. The normalized spacial score (nSPS) is 11.2. The van der Waals surface area contributed by atoms with Gasteiger partial charge >= 0.3 is 0 Å². The fourth-order valence-electron chi connectivity index (χ4n) is 2.25. The van der Waals surface area contributed by atoms with E-state index >= 15 is 0 Å². The average molecular weight is 320 g/mol. The molecule has 0 aliphatic rings. The summed E-state index contributed by atoms with van der Waals surface area (Å²) in [6.45, 7) is 0.250. The van der Waals surface area contributed by atoms with Gasteiger partial charge in [0.05, 0.1) is 12.8 Å². The molecule has 0 saturated heterocycles. The number of furan rings is 1. The topological polar surface area (TPSA) is 64.2 Å². The minimum Gasteiger partial charge on any atom is -0.467 e. The van der Waals surface area contributed by atoms with Crippen LogP contribution in [-0.2, 0) is 11.3 Å². The van der Waals surface area contributed by atoms with E-state index in [2.05, 4.69) is 5.32 Å². The minimum absolute atomic E-state index is 0.248. The van der Waals surface area contributed by atoms with Crippen molar-refractivity contribution < 1.29 is 9.21 Å². The molecule has 2 heterocycles. The molecule has 0 fully saturated rings. The number of carbonyl (C=O) groups is 1. The molecule has 24 heavy (non-hydrogen) atoms. The lowest BCUT2D eigenvalue weighted by atomic mass is 10.2. The largest absolute Gasteiger partial charge is 0.467 e. The molecule has 5 nitrogen and oxygen atoms in total. The molecular weight excluding hydrogens is 304 g/mol. The lowest BCUT2D eigenvalue weighted by Crippen LogP contribution is -2.30. The summed E-state index contributed by atoms with van der Waals surface area (Å²) in [4.78, 5) is 24.7. The van der Waals surface area contributed by atoms with E-state index in [1.54, 1.807) is 42.8 Å². The zero-order chi connectivity index (χ0) is 16.8. The molecule has 2 aromatic heterocycles. The highest BCUT2D eigenvalue weighted by molar-refractivity contribution is 6.18. The smallest absolute Gasteiger partial charge is 0.268 e. The van der Waals surface area contributed by atoms with Gasteiger partial charge in [-0.15, -0.1) is 0 Å². The predicted octanol–water partition coefficient (Wildman–Crippen LogP) is 2.76.